The molecule has 3 nitrogen and oxygen atoms in total. The second-order valence-electron chi connectivity index (χ2n) is 3.63. The van der Waals surface area contributed by atoms with Crippen LogP contribution < -0.4 is 4.90 Å². The summed E-state index contributed by atoms with van der Waals surface area (Å²) in [5.74, 6) is 0.991. The van der Waals surface area contributed by atoms with Gasteiger partial charge < -0.3 is 9.64 Å². The predicted molar refractivity (Wildman–Crippen MR) is 51.6 cm³/mol. The molecule has 0 atom stereocenters. The van der Waals surface area contributed by atoms with Crippen molar-refractivity contribution in [2.45, 2.75) is 19.6 Å². The lowest BCUT2D eigenvalue weighted by atomic mass is 10.2. The Hall–Kier alpha value is -1.09. The van der Waals surface area contributed by atoms with E-state index in [0.29, 0.717) is 0 Å². The Morgan fingerprint density at radius 3 is 2.85 bits per heavy atom. The van der Waals surface area contributed by atoms with Crippen molar-refractivity contribution in [3.05, 3.63) is 24.4 Å². The van der Waals surface area contributed by atoms with Crippen LogP contribution in [0.4, 0.5) is 5.82 Å². The minimum absolute atomic E-state index is 0.214. The summed E-state index contributed by atoms with van der Waals surface area (Å²) >= 11 is 0. The van der Waals surface area contributed by atoms with Gasteiger partial charge in [0.15, 0.2) is 0 Å². The van der Waals surface area contributed by atoms with Crippen LogP contribution in [0.15, 0.2) is 24.4 Å². The summed E-state index contributed by atoms with van der Waals surface area (Å²) in [4.78, 5) is 6.48. The van der Waals surface area contributed by atoms with Crippen molar-refractivity contribution in [2.75, 3.05) is 18.1 Å². The third-order valence-corrected chi connectivity index (χ3v) is 2.35. The minimum Gasteiger partial charge on any atom is -0.354 e. The summed E-state index contributed by atoms with van der Waals surface area (Å²) in [6, 6.07) is 5.93. The Morgan fingerprint density at radius 2 is 2.31 bits per heavy atom. The Labute approximate surface area is 78.3 Å². The number of pyridine rings is 1. The Balaban J connectivity index is 2.27. The van der Waals surface area contributed by atoms with Gasteiger partial charge in [0.25, 0.3) is 0 Å². The summed E-state index contributed by atoms with van der Waals surface area (Å²) in [5, 5.41) is 0. The summed E-state index contributed by atoms with van der Waals surface area (Å²) in [6.07, 6.45) is 1.81. The van der Waals surface area contributed by atoms with Gasteiger partial charge in [-0.05, 0) is 26.0 Å². The third-order valence-electron chi connectivity index (χ3n) is 2.35. The fourth-order valence-electron chi connectivity index (χ4n) is 1.64. The summed E-state index contributed by atoms with van der Waals surface area (Å²) < 4.78 is 5.59. The van der Waals surface area contributed by atoms with E-state index in [9.17, 15) is 0 Å². The molecule has 0 unspecified atom stereocenters. The molecule has 2 rings (SSSR count). The van der Waals surface area contributed by atoms with E-state index in [4.69, 9.17) is 4.74 Å². The predicted octanol–water partition coefficient (Wildman–Crippen LogP) is 1.65. The quantitative estimate of drug-likeness (QED) is 0.654. The number of aromatic nitrogens is 1. The van der Waals surface area contributed by atoms with Crippen molar-refractivity contribution in [1.29, 1.82) is 0 Å². The van der Waals surface area contributed by atoms with Gasteiger partial charge in [-0.15, -0.1) is 0 Å². The molecule has 0 radical (unpaired) electrons. The average molecular weight is 178 g/mol. The maximum atomic E-state index is 5.59. The second-order valence-corrected chi connectivity index (χ2v) is 3.63. The van der Waals surface area contributed by atoms with Gasteiger partial charge in [-0.3, -0.25) is 0 Å². The van der Waals surface area contributed by atoms with Gasteiger partial charge in [-0.1, -0.05) is 6.07 Å². The molecule has 0 N–H and O–H groups in total. The topological polar surface area (TPSA) is 25.4 Å². The average Bonchev–Trinajstić information content (AvgIpc) is 2.47. The van der Waals surface area contributed by atoms with E-state index in [0.717, 1.165) is 19.0 Å². The molecule has 0 saturated carbocycles. The van der Waals surface area contributed by atoms with Crippen LogP contribution in [-0.2, 0) is 4.74 Å². The van der Waals surface area contributed by atoms with E-state index in [-0.39, 0.29) is 5.72 Å². The van der Waals surface area contributed by atoms with Gasteiger partial charge in [-0.2, -0.15) is 0 Å². The van der Waals surface area contributed by atoms with Gasteiger partial charge in [0, 0.05) is 12.7 Å². The number of hydrogen-bond donors (Lipinski definition) is 0. The molecule has 1 saturated heterocycles. The van der Waals surface area contributed by atoms with E-state index in [2.05, 4.69) is 23.7 Å². The van der Waals surface area contributed by atoms with Crippen molar-refractivity contribution >= 4 is 5.82 Å². The molecule has 0 amide bonds. The fraction of sp³-hybridized carbons (Fsp3) is 0.500. The van der Waals surface area contributed by atoms with Gasteiger partial charge >= 0.3 is 0 Å². The molecule has 70 valence electrons. The van der Waals surface area contributed by atoms with E-state index < -0.39 is 0 Å². The first-order valence-corrected chi connectivity index (χ1v) is 4.53. The highest BCUT2D eigenvalue weighted by Gasteiger charge is 2.33. The van der Waals surface area contributed by atoms with E-state index >= 15 is 0 Å². The number of anilines is 1. The Morgan fingerprint density at radius 1 is 1.46 bits per heavy atom. The molecule has 13 heavy (non-hydrogen) atoms. The molecule has 1 aliphatic heterocycles. The molecule has 2 heterocycles. The van der Waals surface area contributed by atoms with Gasteiger partial charge in [-0.25, -0.2) is 4.98 Å². The molecule has 0 aromatic carbocycles. The first-order valence-electron chi connectivity index (χ1n) is 4.53. The van der Waals surface area contributed by atoms with Crippen LogP contribution in [0.1, 0.15) is 13.8 Å². The van der Waals surface area contributed by atoms with E-state index in [1.807, 2.05) is 24.4 Å². The molecule has 1 aliphatic rings. The molecule has 1 aromatic heterocycles. The van der Waals surface area contributed by atoms with Gasteiger partial charge in [0.05, 0.1) is 6.61 Å². The SMILES string of the molecule is CC1(C)OCCN1c1ccccn1. The zero-order valence-electron chi connectivity index (χ0n) is 8.03. The highest BCUT2D eigenvalue weighted by molar-refractivity contribution is 5.40. The maximum absolute atomic E-state index is 5.59. The van der Waals surface area contributed by atoms with Crippen molar-refractivity contribution in [3.63, 3.8) is 0 Å². The molecule has 1 aromatic rings. The first kappa shape index (κ1) is 8.51. The molecule has 0 bridgehead atoms. The number of hydrogen-bond acceptors (Lipinski definition) is 3. The maximum Gasteiger partial charge on any atom is 0.136 e. The van der Waals surface area contributed by atoms with Crippen molar-refractivity contribution in [3.8, 4) is 0 Å². The smallest absolute Gasteiger partial charge is 0.136 e. The molecular formula is C10H14N2O. The monoisotopic (exact) mass is 178 g/mol. The van der Waals surface area contributed by atoms with Crippen LogP contribution in [0.3, 0.4) is 0 Å². The van der Waals surface area contributed by atoms with E-state index in [1.54, 1.807) is 0 Å². The Bertz CT molecular complexity index is 284. The van der Waals surface area contributed by atoms with Crippen molar-refractivity contribution in [1.82, 2.24) is 4.98 Å². The fourth-order valence-corrected chi connectivity index (χ4v) is 1.64. The molecule has 1 fully saturated rings. The van der Waals surface area contributed by atoms with Crippen LogP contribution >= 0.6 is 0 Å². The summed E-state index contributed by atoms with van der Waals surface area (Å²) in [6.45, 7) is 5.83. The van der Waals surface area contributed by atoms with Crippen LogP contribution in [0.2, 0.25) is 0 Å². The zero-order valence-corrected chi connectivity index (χ0v) is 8.03. The highest BCUT2D eigenvalue weighted by atomic mass is 16.5. The first-order chi connectivity index (χ1) is 6.20. The van der Waals surface area contributed by atoms with Crippen molar-refractivity contribution < 1.29 is 4.74 Å². The lowest BCUT2D eigenvalue weighted by Gasteiger charge is -2.30. The third kappa shape index (κ3) is 1.52. The second kappa shape index (κ2) is 3.00. The van der Waals surface area contributed by atoms with Crippen molar-refractivity contribution in [2.24, 2.45) is 0 Å². The largest absolute Gasteiger partial charge is 0.354 e. The number of rotatable bonds is 1. The van der Waals surface area contributed by atoms with Gasteiger partial charge in [0.1, 0.15) is 11.5 Å². The number of ether oxygens (including phenoxy) is 1. The van der Waals surface area contributed by atoms with Gasteiger partial charge in [0.2, 0.25) is 0 Å². The standard InChI is InChI=1S/C10H14N2O/c1-10(2)12(7-8-13-10)9-5-3-4-6-11-9/h3-6H,7-8H2,1-2H3. The molecule has 0 spiro atoms. The highest BCUT2D eigenvalue weighted by Crippen LogP contribution is 2.26. The molecular weight excluding hydrogens is 164 g/mol. The lowest BCUT2D eigenvalue weighted by Crippen LogP contribution is -2.39. The summed E-state index contributed by atoms with van der Waals surface area (Å²) in [5.41, 5.74) is -0.214. The number of nitrogens with zero attached hydrogens (tertiary/aromatic N) is 2. The van der Waals surface area contributed by atoms with Crippen LogP contribution in [0.25, 0.3) is 0 Å². The Kier molecular flexibility index (Phi) is 1.96. The van der Waals surface area contributed by atoms with Crippen LogP contribution in [-0.4, -0.2) is 23.9 Å². The lowest BCUT2D eigenvalue weighted by molar-refractivity contribution is 0.0380. The zero-order chi connectivity index (χ0) is 9.31. The van der Waals surface area contributed by atoms with Crippen LogP contribution in [0, 0.1) is 0 Å². The normalized spacial score (nSPS) is 20.6. The summed E-state index contributed by atoms with van der Waals surface area (Å²) in [7, 11) is 0. The molecule has 3 heteroatoms. The van der Waals surface area contributed by atoms with E-state index in [1.165, 1.54) is 0 Å². The molecule has 0 aliphatic carbocycles. The van der Waals surface area contributed by atoms with Crippen LogP contribution in [0.5, 0.6) is 0 Å². The minimum atomic E-state index is -0.214.